The summed E-state index contributed by atoms with van der Waals surface area (Å²) < 4.78 is 0. The summed E-state index contributed by atoms with van der Waals surface area (Å²) in [6.07, 6.45) is 3.84. The average Bonchev–Trinajstić information content (AvgIpc) is 3.37. The Kier molecular flexibility index (Phi) is 6.19. The van der Waals surface area contributed by atoms with Crippen molar-refractivity contribution in [3.63, 3.8) is 0 Å². The molecule has 0 radical (unpaired) electrons. The molecule has 164 valence electrons. The van der Waals surface area contributed by atoms with Gasteiger partial charge in [-0.05, 0) is 55.2 Å². The monoisotopic (exact) mass is 443 g/mol. The molecule has 5 heteroatoms. The molecule has 1 saturated heterocycles. The minimum absolute atomic E-state index is 0.0327. The number of benzene rings is 3. The number of hydrogen-bond donors (Lipinski definition) is 1. The van der Waals surface area contributed by atoms with E-state index in [2.05, 4.69) is 58.4 Å². The molecular formula is C27H29N3OS. The summed E-state index contributed by atoms with van der Waals surface area (Å²) >= 11 is 1.80. The van der Waals surface area contributed by atoms with Crippen molar-refractivity contribution in [2.24, 2.45) is 0 Å². The lowest BCUT2D eigenvalue weighted by Crippen LogP contribution is -2.45. The topological polar surface area (TPSA) is 35.6 Å². The van der Waals surface area contributed by atoms with Crippen molar-refractivity contribution in [2.45, 2.75) is 48.7 Å². The lowest BCUT2D eigenvalue weighted by atomic mass is 10.1. The van der Waals surface area contributed by atoms with Gasteiger partial charge >= 0.3 is 0 Å². The molecule has 0 saturated carbocycles. The van der Waals surface area contributed by atoms with Gasteiger partial charge in [-0.1, -0.05) is 61.2 Å². The van der Waals surface area contributed by atoms with E-state index < -0.39 is 0 Å². The van der Waals surface area contributed by atoms with E-state index in [0.717, 1.165) is 30.8 Å². The maximum atomic E-state index is 13.0. The fourth-order valence-electron chi connectivity index (χ4n) is 4.77. The third-order valence-corrected chi connectivity index (χ3v) is 7.48. The van der Waals surface area contributed by atoms with Crippen molar-refractivity contribution >= 4 is 29.0 Å². The van der Waals surface area contributed by atoms with Crippen LogP contribution in [0.2, 0.25) is 0 Å². The third kappa shape index (κ3) is 4.15. The van der Waals surface area contributed by atoms with Gasteiger partial charge in [0, 0.05) is 35.0 Å². The van der Waals surface area contributed by atoms with Crippen molar-refractivity contribution < 1.29 is 4.79 Å². The molecule has 4 nitrogen and oxygen atoms in total. The second-order valence-electron chi connectivity index (χ2n) is 8.42. The van der Waals surface area contributed by atoms with Crippen LogP contribution in [0, 0.1) is 0 Å². The molecule has 32 heavy (non-hydrogen) atoms. The third-order valence-electron chi connectivity index (χ3n) is 6.35. The molecule has 3 aromatic rings. The van der Waals surface area contributed by atoms with E-state index in [9.17, 15) is 4.79 Å². The Hall–Kier alpha value is -2.76. The van der Waals surface area contributed by atoms with Crippen LogP contribution < -0.4 is 10.2 Å². The zero-order chi connectivity index (χ0) is 21.9. The number of nitrogens with zero attached hydrogens (tertiary/aromatic N) is 2. The Bertz CT molecular complexity index is 1100. The van der Waals surface area contributed by atoms with Gasteiger partial charge in [-0.2, -0.15) is 0 Å². The summed E-state index contributed by atoms with van der Waals surface area (Å²) in [5.41, 5.74) is 4.19. The van der Waals surface area contributed by atoms with Gasteiger partial charge in [0.05, 0.1) is 17.5 Å². The van der Waals surface area contributed by atoms with Crippen LogP contribution in [0.25, 0.3) is 0 Å². The summed E-state index contributed by atoms with van der Waals surface area (Å²) in [5, 5.41) is 3.08. The number of likely N-dealkylation sites (tertiary alicyclic amines) is 1. The van der Waals surface area contributed by atoms with E-state index in [1.807, 2.05) is 36.4 Å². The second-order valence-corrected chi connectivity index (χ2v) is 9.51. The largest absolute Gasteiger partial charge is 0.348 e. The Morgan fingerprint density at radius 2 is 1.66 bits per heavy atom. The molecule has 1 unspecified atom stereocenters. The standard InChI is InChI=1S/C27H29N3OS/c1-2-26(29-16-8-9-17-29)30-22-12-6-7-13-24(22)32-25-15-14-21(18-23(25)30)27(31)28-19-20-10-4-3-5-11-20/h3-7,10-15,18,26H,2,8-9,16-17,19H2,1H3,(H,28,31). The number of hydrogen-bond acceptors (Lipinski definition) is 4. The second kappa shape index (κ2) is 9.39. The first kappa shape index (κ1) is 21.1. The molecule has 1 amide bonds. The molecule has 1 N–H and O–H groups in total. The Morgan fingerprint density at radius 3 is 2.44 bits per heavy atom. The lowest BCUT2D eigenvalue weighted by Gasteiger charge is -2.42. The highest BCUT2D eigenvalue weighted by atomic mass is 32.2. The summed E-state index contributed by atoms with van der Waals surface area (Å²) in [5.74, 6) is -0.0327. The molecule has 5 rings (SSSR count). The number of para-hydroxylation sites is 1. The summed E-state index contributed by atoms with van der Waals surface area (Å²) in [7, 11) is 0. The SMILES string of the molecule is CCC(N1CCCC1)N1c2ccccc2Sc2ccc(C(=O)NCc3ccccc3)cc21. The number of carbonyl (C=O) groups is 1. The molecule has 3 aromatic carbocycles. The van der Waals surface area contributed by atoms with E-state index in [1.165, 1.54) is 28.3 Å². The smallest absolute Gasteiger partial charge is 0.251 e. The first-order valence-corrected chi connectivity index (χ1v) is 12.3. The van der Waals surface area contributed by atoms with E-state index >= 15 is 0 Å². The van der Waals surface area contributed by atoms with Crippen molar-refractivity contribution in [3.8, 4) is 0 Å². The van der Waals surface area contributed by atoms with E-state index in [-0.39, 0.29) is 5.91 Å². The van der Waals surface area contributed by atoms with Crippen LogP contribution in [-0.2, 0) is 6.54 Å². The molecule has 0 spiro atoms. The van der Waals surface area contributed by atoms with Gasteiger partial charge in [-0.25, -0.2) is 0 Å². The molecule has 2 aliphatic rings. The number of fused-ring (bicyclic) bond motifs is 2. The Balaban J connectivity index is 1.47. The van der Waals surface area contributed by atoms with Crippen molar-refractivity contribution in [1.29, 1.82) is 0 Å². The molecular weight excluding hydrogens is 414 g/mol. The lowest BCUT2D eigenvalue weighted by molar-refractivity contribution is 0.0951. The molecule has 1 atom stereocenters. The highest BCUT2D eigenvalue weighted by Crippen LogP contribution is 2.50. The maximum absolute atomic E-state index is 13.0. The Morgan fingerprint density at radius 1 is 0.938 bits per heavy atom. The van der Waals surface area contributed by atoms with Gasteiger partial charge < -0.3 is 10.2 Å². The predicted molar refractivity (Wildman–Crippen MR) is 132 cm³/mol. The van der Waals surface area contributed by atoms with Gasteiger partial charge in [-0.3, -0.25) is 9.69 Å². The number of carbonyl (C=O) groups excluding carboxylic acids is 1. The maximum Gasteiger partial charge on any atom is 0.251 e. The predicted octanol–water partition coefficient (Wildman–Crippen LogP) is 6.05. The zero-order valence-corrected chi connectivity index (χ0v) is 19.3. The van der Waals surface area contributed by atoms with Crippen LogP contribution in [-0.4, -0.2) is 30.1 Å². The van der Waals surface area contributed by atoms with Crippen molar-refractivity contribution in [3.05, 3.63) is 83.9 Å². The van der Waals surface area contributed by atoms with Gasteiger partial charge in [0.15, 0.2) is 0 Å². The first-order chi connectivity index (χ1) is 15.7. The minimum Gasteiger partial charge on any atom is -0.348 e. The highest BCUT2D eigenvalue weighted by Gasteiger charge is 2.33. The van der Waals surface area contributed by atoms with Crippen LogP contribution >= 0.6 is 11.8 Å². The van der Waals surface area contributed by atoms with Crippen molar-refractivity contribution in [2.75, 3.05) is 18.0 Å². The van der Waals surface area contributed by atoms with E-state index in [0.29, 0.717) is 18.3 Å². The summed E-state index contributed by atoms with van der Waals surface area (Å²) in [6.45, 7) is 5.07. The zero-order valence-electron chi connectivity index (χ0n) is 18.5. The van der Waals surface area contributed by atoms with Gasteiger partial charge in [0.2, 0.25) is 0 Å². The fourth-order valence-corrected chi connectivity index (χ4v) is 5.82. The summed E-state index contributed by atoms with van der Waals surface area (Å²) in [6, 6.07) is 24.8. The van der Waals surface area contributed by atoms with Crippen molar-refractivity contribution in [1.82, 2.24) is 10.2 Å². The van der Waals surface area contributed by atoms with E-state index in [1.54, 1.807) is 11.8 Å². The summed E-state index contributed by atoms with van der Waals surface area (Å²) in [4.78, 5) is 20.6. The molecule has 1 fully saturated rings. The number of amides is 1. The van der Waals surface area contributed by atoms with Gasteiger partial charge in [0.1, 0.15) is 0 Å². The number of anilines is 2. The molecule has 2 aliphatic heterocycles. The Labute approximate surface area is 194 Å². The molecule has 0 aliphatic carbocycles. The minimum atomic E-state index is -0.0327. The van der Waals surface area contributed by atoms with E-state index in [4.69, 9.17) is 0 Å². The van der Waals surface area contributed by atoms with Crippen LogP contribution in [0.5, 0.6) is 0 Å². The molecule has 0 bridgehead atoms. The van der Waals surface area contributed by atoms with Crippen LogP contribution in [0.4, 0.5) is 11.4 Å². The number of rotatable bonds is 6. The fraction of sp³-hybridized carbons (Fsp3) is 0.296. The average molecular weight is 444 g/mol. The normalized spacial score (nSPS) is 16.3. The number of nitrogens with one attached hydrogen (secondary N) is 1. The first-order valence-electron chi connectivity index (χ1n) is 11.5. The quantitative estimate of drug-likeness (QED) is 0.503. The van der Waals surface area contributed by atoms with Crippen LogP contribution in [0.1, 0.15) is 42.1 Å². The highest BCUT2D eigenvalue weighted by molar-refractivity contribution is 7.99. The molecule has 2 heterocycles. The van der Waals surface area contributed by atoms with Gasteiger partial charge in [-0.15, -0.1) is 0 Å². The molecule has 0 aromatic heterocycles. The van der Waals surface area contributed by atoms with Gasteiger partial charge in [0.25, 0.3) is 5.91 Å². The van der Waals surface area contributed by atoms with Crippen LogP contribution in [0.3, 0.4) is 0 Å². The van der Waals surface area contributed by atoms with Crippen LogP contribution in [0.15, 0.2) is 82.6 Å².